The Hall–Kier alpha value is -2.15. The first-order valence-electron chi connectivity index (χ1n) is 7.00. The van der Waals surface area contributed by atoms with Crippen LogP contribution in [0.25, 0.3) is 22.0 Å². The molecule has 0 aliphatic carbocycles. The van der Waals surface area contributed by atoms with Gasteiger partial charge in [0.25, 0.3) is 0 Å². The van der Waals surface area contributed by atoms with E-state index in [0.717, 1.165) is 5.69 Å². The molecule has 0 saturated heterocycles. The van der Waals surface area contributed by atoms with Gasteiger partial charge in [-0.2, -0.15) is 0 Å². The molecule has 1 heterocycles. The Kier molecular flexibility index (Phi) is 3.06. The lowest BCUT2D eigenvalue weighted by Crippen LogP contribution is -2.10. The maximum atomic E-state index is 4.57. The van der Waals surface area contributed by atoms with Gasteiger partial charge in [0.15, 0.2) is 0 Å². The molecule has 1 heteroatoms. The lowest BCUT2D eigenvalue weighted by Gasteiger charge is -2.19. The SMILES string of the molecule is CC(C)(C)c1ccc(-c2cc3ccccc3cn2)cc1. The molecule has 0 N–H and O–H groups in total. The topological polar surface area (TPSA) is 12.9 Å². The van der Waals surface area contributed by atoms with Crippen LogP contribution in [-0.4, -0.2) is 4.98 Å². The molecule has 0 aliphatic heterocycles. The van der Waals surface area contributed by atoms with E-state index < -0.39 is 0 Å². The van der Waals surface area contributed by atoms with Crippen LogP contribution in [0.5, 0.6) is 0 Å². The van der Waals surface area contributed by atoms with E-state index in [9.17, 15) is 0 Å². The average molecular weight is 261 g/mol. The summed E-state index contributed by atoms with van der Waals surface area (Å²) in [5, 5.41) is 2.42. The van der Waals surface area contributed by atoms with Crippen LogP contribution < -0.4 is 0 Å². The van der Waals surface area contributed by atoms with Crippen LogP contribution in [0.15, 0.2) is 60.8 Å². The van der Waals surface area contributed by atoms with Crippen molar-refractivity contribution in [1.29, 1.82) is 0 Å². The molecular formula is C19H19N. The summed E-state index contributed by atoms with van der Waals surface area (Å²) in [5.41, 5.74) is 3.74. The second-order valence-corrected chi connectivity index (χ2v) is 6.24. The van der Waals surface area contributed by atoms with E-state index in [2.05, 4.69) is 74.3 Å². The molecule has 0 amide bonds. The van der Waals surface area contributed by atoms with Gasteiger partial charge in [-0.25, -0.2) is 0 Å². The van der Waals surface area contributed by atoms with E-state index in [1.807, 2.05) is 12.3 Å². The van der Waals surface area contributed by atoms with Gasteiger partial charge in [0.1, 0.15) is 0 Å². The molecule has 0 saturated carbocycles. The summed E-state index contributed by atoms with van der Waals surface area (Å²) in [4.78, 5) is 4.57. The zero-order valence-corrected chi connectivity index (χ0v) is 12.2. The van der Waals surface area contributed by atoms with Crippen molar-refractivity contribution in [3.8, 4) is 11.3 Å². The monoisotopic (exact) mass is 261 g/mol. The normalized spacial score (nSPS) is 11.8. The largest absolute Gasteiger partial charge is 0.256 e. The molecule has 1 aromatic heterocycles. The highest BCUT2D eigenvalue weighted by Gasteiger charge is 2.13. The molecule has 0 radical (unpaired) electrons. The standard InChI is InChI=1S/C19H19N/c1-19(2,3)17-10-8-14(9-11-17)18-12-15-6-4-5-7-16(15)13-20-18/h4-13H,1-3H3. The first-order valence-corrected chi connectivity index (χ1v) is 7.00. The molecule has 1 nitrogen and oxygen atoms in total. The van der Waals surface area contributed by atoms with Crippen molar-refractivity contribution in [3.05, 3.63) is 66.4 Å². The number of hydrogen-bond donors (Lipinski definition) is 0. The van der Waals surface area contributed by atoms with Crippen LogP contribution in [0.2, 0.25) is 0 Å². The van der Waals surface area contributed by atoms with Crippen molar-refractivity contribution >= 4 is 10.8 Å². The molecule has 0 aliphatic rings. The van der Waals surface area contributed by atoms with Crippen LogP contribution in [0.1, 0.15) is 26.3 Å². The van der Waals surface area contributed by atoms with Crippen molar-refractivity contribution in [1.82, 2.24) is 4.98 Å². The molecule has 0 bridgehead atoms. The Morgan fingerprint density at radius 2 is 1.45 bits per heavy atom. The minimum atomic E-state index is 0.190. The smallest absolute Gasteiger partial charge is 0.0708 e. The van der Waals surface area contributed by atoms with Crippen LogP contribution >= 0.6 is 0 Å². The number of nitrogens with zero attached hydrogens (tertiary/aromatic N) is 1. The van der Waals surface area contributed by atoms with Gasteiger partial charge in [-0.15, -0.1) is 0 Å². The van der Waals surface area contributed by atoms with Crippen LogP contribution in [0.3, 0.4) is 0 Å². The Labute approximate surface area is 120 Å². The zero-order valence-electron chi connectivity index (χ0n) is 12.2. The maximum Gasteiger partial charge on any atom is 0.0708 e. The zero-order chi connectivity index (χ0) is 14.2. The summed E-state index contributed by atoms with van der Waals surface area (Å²) < 4.78 is 0. The highest BCUT2D eigenvalue weighted by Crippen LogP contribution is 2.26. The van der Waals surface area contributed by atoms with Crippen LogP contribution in [-0.2, 0) is 5.41 Å². The van der Waals surface area contributed by atoms with Gasteiger partial charge in [-0.05, 0) is 22.4 Å². The number of benzene rings is 2. The summed E-state index contributed by atoms with van der Waals surface area (Å²) >= 11 is 0. The van der Waals surface area contributed by atoms with E-state index >= 15 is 0 Å². The highest BCUT2D eigenvalue weighted by molar-refractivity contribution is 5.85. The minimum Gasteiger partial charge on any atom is -0.256 e. The predicted octanol–water partition coefficient (Wildman–Crippen LogP) is 5.20. The van der Waals surface area contributed by atoms with E-state index in [1.54, 1.807) is 0 Å². The maximum absolute atomic E-state index is 4.57. The quantitative estimate of drug-likeness (QED) is 0.586. The first kappa shape index (κ1) is 12.9. The lowest BCUT2D eigenvalue weighted by molar-refractivity contribution is 0.590. The third-order valence-electron chi connectivity index (χ3n) is 3.68. The molecule has 20 heavy (non-hydrogen) atoms. The Morgan fingerprint density at radius 1 is 0.800 bits per heavy atom. The Balaban J connectivity index is 2.02. The van der Waals surface area contributed by atoms with Crippen LogP contribution in [0.4, 0.5) is 0 Å². The molecule has 100 valence electrons. The van der Waals surface area contributed by atoms with Gasteiger partial charge in [0.2, 0.25) is 0 Å². The first-order chi connectivity index (χ1) is 9.54. The second-order valence-electron chi connectivity index (χ2n) is 6.24. The molecular weight excluding hydrogens is 242 g/mol. The van der Waals surface area contributed by atoms with E-state index in [0.29, 0.717) is 0 Å². The fourth-order valence-electron chi connectivity index (χ4n) is 2.38. The molecule has 2 aromatic carbocycles. The fourth-order valence-corrected chi connectivity index (χ4v) is 2.38. The van der Waals surface area contributed by atoms with Crippen molar-refractivity contribution in [3.63, 3.8) is 0 Å². The second kappa shape index (κ2) is 4.75. The minimum absolute atomic E-state index is 0.190. The van der Waals surface area contributed by atoms with Crippen molar-refractivity contribution in [2.75, 3.05) is 0 Å². The molecule has 0 unspecified atom stereocenters. The van der Waals surface area contributed by atoms with Crippen LogP contribution in [0, 0.1) is 0 Å². The van der Waals surface area contributed by atoms with E-state index in [-0.39, 0.29) is 5.41 Å². The summed E-state index contributed by atoms with van der Waals surface area (Å²) in [6.07, 6.45) is 1.95. The molecule has 0 spiro atoms. The summed E-state index contributed by atoms with van der Waals surface area (Å²) in [6, 6.07) is 19.2. The van der Waals surface area contributed by atoms with E-state index in [4.69, 9.17) is 0 Å². The number of hydrogen-bond acceptors (Lipinski definition) is 1. The lowest BCUT2D eigenvalue weighted by atomic mass is 9.86. The van der Waals surface area contributed by atoms with Gasteiger partial charge in [-0.3, -0.25) is 4.98 Å². The number of rotatable bonds is 1. The molecule has 0 fully saturated rings. The Bertz CT molecular complexity index is 734. The number of pyridine rings is 1. The Morgan fingerprint density at radius 3 is 2.10 bits per heavy atom. The van der Waals surface area contributed by atoms with Crippen molar-refractivity contribution < 1.29 is 0 Å². The molecule has 3 aromatic rings. The number of fused-ring (bicyclic) bond motifs is 1. The van der Waals surface area contributed by atoms with Gasteiger partial charge < -0.3 is 0 Å². The van der Waals surface area contributed by atoms with Gasteiger partial charge in [0, 0.05) is 17.1 Å². The summed E-state index contributed by atoms with van der Waals surface area (Å²) in [6.45, 7) is 6.70. The van der Waals surface area contributed by atoms with E-state index in [1.165, 1.54) is 21.9 Å². The van der Waals surface area contributed by atoms with Gasteiger partial charge in [0.05, 0.1) is 5.69 Å². The third kappa shape index (κ3) is 2.44. The predicted molar refractivity (Wildman–Crippen MR) is 85.9 cm³/mol. The average Bonchev–Trinajstić information content (AvgIpc) is 2.46. The molecule has 0 atom stereocenters. The van der Waals surface area contributed by atoms with Gasteiger partial charge in [-0.1, -0.05) is 69.3 Å². The summed E-state index contributed by atoms with van der Waals surface area (Å²) in [7, 11) is 0. The fraction of sp³-hybridized carbons (Fsp3) is 0.211. The third-order valence-corrected chi connectivity index (χ3v) is 3.68. The number of aromatic nitrogens is 1. The molecule has 3 rings (SSSR count). The van der Waals surface area contributed by atoms with Gasteiger partial charge >= 0.3 is 0 Å². The van der Waals surface area contributed by atoms with Crippen molar-refractivity contribution in [2.45, 2.75) is 26.2 Å². The van der Waals surface area contributed by atoms with Crippen molar-refractivity contribution in [2.24, 2.45) is 0 Å². The summed E-state index contributed by atoms with van der Waals surface area (Å²) in [5.74, 6) is 0. The highest BCUT2D eigenvalue weighted by atomic mass is 14.7.